The Labute approximate surface area is 671 Å². The van der Waals surface area contributed by atoms with Gasteiger partial charge in [0.25, 0.3) is 27.8 Å². The number of fused-ring (bicyclic) bond motifs is 5. The number of methoxy groups -OCH3 is 1. The van der Waals surface area contributed by atoms with Crippen LogP contribution >= 0.6 is 0 Å². The second-order valence-electron chi connectivity index (χ2n) is 39.2. The standard InChI is InChI=1S/5C16H22N2O.C4H8.2C3H8.C2H5NO.C2H6O/c5*1-15(2,3)14-17-12-10-8-7-9-11(12)13(19)18(14)16(4,5)6;1-4-2-3-4;2*1-3-2;1-2(3)4;1-3-2/h5*7-10H,1-6H3;4H,2-3H2,1H3;2*3H2,1-2H3;1H3,(H2,3,4);1-2H3. The fourth-order valence-electron chi connectivity index (χ4n) is 11.5. The molecule has 1 aliphatic carbocycles. The molecule has 0 unspecified atom stereocenters. The molecule has 0 aliphatic heterocycles. The molecule has 5 heterocycles. The number of amides is 1. The summed E-state index contributed by atoms with van der Waals surface area (Å²) in [6.07, 6.45) is 5.47. The number of para-hydroxylation sites is 5. The van der Waals surface area contributed by atoms with Crippen molar-refractivity contribution in [1.82, 2.24) is 47.8 Å². The van der Waals surface area contributed by atoms with Gasteiger partial charge in [0.15, 0.2) is 0 Å². The minimum atomic E-state index is -0.333. The highest BCUT2D eigenvalue weighted by Crippen LogP contribution is 2.32. The Morgan fingerprint density at radius 1 is 0.321 bits per heavy atom. The number of nitrogens with two attached hydrogens (primary N) is 1. The molecule has 5 aromatic carbocycles. The van der Waals surface area contributed by atoms with Gasteiger partial charge in [-0.25, -0.2) is 24.9 Å². The van der Waals surface area contributed by atoms with E-state index in [1.165, 1.54) is 32.6 Å². The van der Waals surface area contributed by atoms with Crippen LogP contribution in [0.4, 0.5) is 0 Å². The highest BCUT2D eigenvalue weighted by Gasteiger charge is 2.34. The largest absolute Gasteiger partial charge is 0.388 e. The molecule has 1 amide bonds. The zero-order valence-corrected chi connectivity index (χ0v) is 76.4. The zero-order valence-electron chi connectivity index (χ0n) is 76.4. The maximum atomic E-state index is 12.8. The van der Waals surface area contributed by atoms with Crippen molar-refractivity contribution < 1.29 is 9.53 Å². The SMILES string of the molecule is CC(C)(C)c1nc2ccccc2c(=O)n1C(C)(C)C.CC(C)(C)c1nc2ccccc2c(=O)n1C(C)(C)C.CC(C)(C)c1nc2ccccc2c(=O)n1C(C)(C)C.CC(C)(C)c1nc2ccccc2c(=O)n1C(C)(C)C.CC(C)(C)c1nc2ccccc2c(=O)n1C(C)(C)C.CC(N)=O.CC1CC1.CCC.CCC.COC. The molecular weight excluding hydrogens is 1400 g/mol. The Balaban J connectivity index is 0.000000450. The van der Waals surface area contributed by atoms with Crippen molar-refractivity contribution >= 4 is 60.4 Å². The van der Waals surface area contributed by atoms with Crippen LogP contribution in [0.15, 0.2) is 145 Å². The van der Waals surface area contributed by atoms with Crippen molar-refractivity contribution in [3.63, 3.8) is 0 Å². The molecule has 112 heavy (non-hydrogen) atoms. The van der Waals surface area contributed by atoms with Gasteiger partial charge in [-0.2, -0.15) is 0 Å². The molecule has 618 valence electrons. The Bertz CT molecular complexity index is 4320. The number of ether oxygens (including phenoxy) is 1. The minimum absolute atomic E-state index is 0.0445. The third-order valence-corrected chi connectivity index (χ3v) is 16.5. The van der Waals surface area contributed by atoms with E-state index in [9.17, 15) is 28.8 Å². The summed E-state index contributed by atoms with van der Waals surface area (Å²) < 4.78 is 13.4. The second kappa shape index (κ2) is 39.8. The number of rotatable bonds is 0. The van der Waals surface area contributed by atoms with Crippen molar-refractivity contribution in [1.29, 1.82) is 0 Å². The van der Waals surface area contributed by atoms with E-state index >= 15 is 0 Å². The van der Waals surface area contributed by atoms with Gasteiger partial charge >= 0.3 is 0 Å². The quantitative estimate of drug-likeness (QED) is 0.150. The monoisotopic (exact) mass is 1540 g/mol. The lowest BCUT2D eigenvalue weighted by Crippen LogP contribution is -2.40. The number of hydrogen-bond acceptors (Lipinski definition) is 12. The third-order valence-electron chi connectivity index (χ3n) is 16.5. The van der Waals surface area contributed by atoms with Gasteiger partial charge in [0.2, 0.25) is 5.91 Å². The fraction of sp³-hybridized carbons (Fsp3) is 0.564. The zero-order chi connectivity index (χ0) is 86.8. The first-order valence-corrected chi connectivity index (χ1v) is 39.8. The van der Waals surface area contributed by atoms with Gasteiger partial charge < -0.3 is 10.5 Å². The molecule has 11 rings (SSSR count). The molecule has 10 aromatic rings. The number of hydrogen-bond donors (Lipinski definition) is 1. The van der Waals surface area contributed by atoms with E-state index in [-0.39, 0.29) is 88.5 Å². The lowest BCUT2D eigenvalue weighted by Gasteiger charge is -2.31. The molecule has 0 atom stereocenters. The van der Waals surface area contributed by atoms with E-state index in [4.69, 9.17) is 24.9 Å². The first-order chi connectivity index (χ1) is 51.0. The number of aromatic nitrogens is 10. The van der Waals surface area contributed by atoms with E-state index in [2.05, 4.69) is 149 Å². The molecule has 18 heteroatoms. The highest BCUT2D eigenvalue weighted by atomic mass is 16.4. The Morgan fingerprint density at radius 3 is 0.518 bits per heavy atom. The molecule has 2 N–H and O–H groups in total. The summed E-state index contributed by atoms with van der Waals surface area (Å²) in [7, 11) is 3.25. The number of primary amides is 1. The maximum Gasteiger partial charge on any atom is 0.261 e. The Hall–Kier alpha value is -8.77. The van der Waals surface area contributed by atoms with Crippen molar-refractivity contribution in [2.24, 2.45) is 11.7 Å². The molecule has 1 aliphatic rings. The average molecular weight is 1540 g/mol. The van der Waals surface area contributed by atoms with Gasteiger partial charge in [0.1, 0.15) is 29.1 Å². The predicted molar refractivity (Wildman–Crippen MR) is 477 cm³/mol. The van der Waals surface area contributed by atoms with E-state index < -0.39 is 0 Å². The van der Waals surface area contributed by atoms with Gasteiger partial charge in [0.05, 0.1) is 54.5 Å². The van der Waals surface area contributed by atoms with Gasteiger partial charge in [0, 0.05) is 75.9 Å². The summed E-state index contributed by atoms with van der Waals surface area (Å²) in [5.74, 6) is 4.93. The molecule has 0 saturated heterocycles. The molecule has 5 aromatic heterocycles. The highest BCUT2D eigenvalue weighted by molar-refractivity contribution is 5.81. The average Bonchev–Trinajstić information content (AvgIpc) is 0.851. The van der Waals surface area contributed by atoms with Crippen LogP contribution in [0.1, 0.15) is 304 Å². The number of benzene rings is 5. The lowest BCUT2D eigenvalue weighted by molar-refractivity contribution is -0.115. The summed E-state index contributed by atoms with van der Waals surface area (Å²) in [4.78, 5) is 96.7. The molecule has 0 bridgehead atoms. The Kier molecular flexibility index (Phi) is 35.3. The van der Waals surface area contributed by atoms with E-state index in [0.717, 1.165) is 62.6 Å². The fourth-order valence-corrected chi connectivity index (χ4v) is 11.5. The van der Waals surface area contributed by atoms with Crippen LogP contribution in [-0.2, 0) is 64.3 Å². The molecule has 18 nitrogen and oxygen atoms in total. The van der Waals surface area contributed by atoms with Crippen LogP contribution in [0.5, 0.6) is 0 Å². The predicted octanol–water partition coefficient (Wildman–Crippen LogP) is 21.2. The summed E-state index contributed by atoms with van der Waals surface area (Å²) in [5.41, 5.74) is 6.32. The second-order valence-corrected chi connectivity index (χ2v) is 39.2. The topological polar surface area (TPSA) is 227 Å². The van der Waals surface area contributed by atoms with Gasteiger partial charge in [-0.3, -0.25) is 51.6 Å². The number of carbonyl (C=O) groups excluding carboxylic acids is 1. The van der Waals surface area contributed by atoms with E-state index in [0.29, 0.717) is 26.9 Å². The summed E-state index contributed by atoms with van der Waals surface area (Å²) in [5, 5.41) is 3.43. The Morgan fingerprint density at radius 2 is 0.429 bits per heavy atom. The van der Waals surface area contributed by atoms with Gasteiger partial charge in [-0.15, -0.1) is 0 Å². The van der Waals surface area contributed by atoms with Crippen molar-refractivity contribution in [3.05, 3.63) is 202 Å². The summed E-state index contributed by atoms with van der Waals surface area (Å²) >= 11 is 0. The van der Waals surface area contributed by atoms with Crippen LogP contribution in [0.3, 0.4) is 0 Å². The van der Waals surface area contributed by atoms with Crippen molar-refractivity contribution in [2.45, 2.75) is 330 Å². The van der Waals surface area contributed by atoms with Crippen molar-refractivity contribution in [3.8, 4) is 0 Å². The normalized spacial score (nSPS) is 12.6. The minimum Gasteiger partial charge on any atom is -0.388 e. The number of nitrogens with zero attached hydrogens (tertiary/aromatic N) is 10. The van der Waals surface area contributed by atoms with Gasteiger partial charge in [-0.05, 0) is 170 Å². The van der Waals surface area contributed by atoms with Crippen LogP contribution in [0.25, 0.3) is 54.5 Å². The van der Waals surface area contributed by atoms with E-state index in [1.807, 2.05) is 248 Å². The van der Waals surface area contributed by atoms with Gasteiger partial charge in [-0.1, -0.05) is 225 Å². The molecule has 1 saturated carbocycles. The van der Waals surface area contributed by atoms with Crippen LogP contribution in [0.2, 0.25) is 0 Å². The molecule has 0 radical (unpaired) electrons. The van der Waals surface area contributed by atoms with E-state index in [1.54, 1.807) is 14.2 Å². The lowest BCUT2D eigenvalue weighted by atomic mass is 9.93. The van der Waals surface area contributed by atoms with Crippen LogP contribution in [-0.4, -0.2) is 67.9 Å². The van der Waals surface area contributed by atoms with Crippen LogP contribution in [0, 0.1) is 5.92 Å². The first kappa shape index (κ1) is 99.3. The molecule has 0 spiro atoms. The van der Waals surface area contributed by atoms with Crippen molar-refractivity contribution in [2.75, 3.05) is 14.2 Å². The summed E-state index contributed by atoms with van der Waals surface area (Å²) in [6.45, 7) is 74.0. The maximum absolute atomic E-state index is 12.8. The number of carbonyl (C=O) groups is 1. The third kappa shape index (κ3) is 28.4. The molecule has 1 fully saturated rings. The summed E-state index contributed by atoms with van der Waals surface area (Å²) in [6, 6.07) is 37.8. The molecular formula is C94H145N11O7. The van der Waals surface area contributed by atoms with Crippen LogP contribution < -0.4 is 33.5 Å². The first-order valence-electron chi connectivity index (χ1n) is 39.8. The smallest absolute Gasteiger partial charge is 0.261 e.